The SMILES string of the molecule is C[C@@H]1CC(C)(C)C[C@@]2(C1)NC(=O)N(CC(=O)Nc1ccc3c(c1)OCO3)C2=O. The topological polar surface area (TPSA) is 97.0 Å². The van der Waals surface area contributed by atoms with Gasteiger partial charge in [0.05, 0.1) is 0 Å². The summed E-state index contributed by atoms with van der Waals surface area (Å²) < 4.78 is 10.5. The van der Waals surface area contributed by atoms with Gasteiger partial charge in [-0.2, -0.15) is 0 Å². The maximum atomic E-state index is 13.1. The first kappa shape index (κ1) is 18.6. The maximum absolute atomic E-state index is 13.1. The van der Waals surface area contributed by atoms with E-state index in [2.05, 4.69) is 31.4 Å². The van der Waals surface area contributed by atoms with Crippen LogP contribution in [0.4, 0.5) is 10.5 Å². The van der Waals surface area contributed by atoms with E-state index in [9.17, 15) is 14.4 Å². The zero-order valence-corrected chi connectivity index (χ0v) is 16.3. The molecule has 1 spiro atoms. The highest BCUT2D eigenvalue weighted by atomic mass is 16.7. The van der Waals surface area contributed by atoms with Crippen LogP contribution >= 0.6 is 0 Å². The van der Waals surface area contributed by atoms with Gasteiger partial charge >= 0.3 is 6.03 Å². The first-order chi connectivity index (χ1) is 13.2. The number of carbonyl (C=O) groups is 3. The number of nitrogens with one attached hydrogen (secondary N) is 2. The molecule has 2 aliphatic heterocycles. The minimum Gasteiger partial charge on any atom is -0.454 e. The Morgan fingerprint density at radius 3 is 2.75 bits per heavy atom. The fourth-order valence-electron chi connectivity index (χ4n) is 4.97. The van der Waals surface area contributed by atoms with Gasteiger partial charge in [-0.05, 0) is 42.7 Å². The number of fused-ring (bicyclic) bond motifs is 1. The summed E-state index contributed by atoms with van der Waals surface area (Å²) in [5.74, 6) is 0.726. The van der Waals surface area contributed by atoms with Crippen molar-refractivity contribution in [1.82, 2.24) is 10.2 Å². The Hall–Kier alpha value is -2.77. The molecule has 2 heterocycles. The predicted octanol–water partition coefficient (Wildman–Crippen LogP) is 2.49. The van der Waals surface area contributed by atoms with Crippen molar-refractivity contribution >= 4 is 23.5 Å². The van der Waals surface area contributed by atoms with Crippen molar-refractivity contribution in [3.63, 3.8) is 0 Å². The molecule has 8 heteroatoms. The second kappa shape index (κ2) is 6.39. The van der Waals surface area contributed by atoms with Gasteiger partial charge in [0.25, 0.3) is 5.91 Å². The molecule has 0 aromatic heterocycles. The van der Waals surface area contributed by atoms with Gasteiger partial charge in [-0.1, -0.05) is 20.8 Å². The second-order valence-electron chi connectivity index (χ2n) is 8.87. The Kier molecular flexibility index (Phi) is 4.24. The normalized spacial score (nSPS) is 27.8. The predicted molar refractivity (Wildman–Crippen MR) is 101 cm³/mol. The first-order valence-electron chi connectivity index (χ1n) is 9.51. The lowest BCUT2D eigenvalue weighted by atomic mass is 9.64. The van der Waals surface area contributed by atoms with Crippen LogP contribution in [0.15, 0.2) is 18.2 Å². The lowest BCUT2D eigenvalue weighted by Gasteiger charge is -2.43. The molecule has 150 valence electrons. The van der Waals surface area contributed by atoms with Crippen LogP contribution in [-0.2, 0) is 9.59 Å². The molecule has 3 aliphatic rings. The number of imide groups is 1. The molecule has 4 rings (SSSR count). The fraction of sp³-hybridized carbons (Fsp3) is 0.550. The van der Waals surface area contributed by atoms with E-state index in [1.807, 2.05) is 0 Å². The highest BCUT2D eigenvalue weighted by Crippen LogP contribution is 2.46. The van der Waals surface area contributed by atoms with E-state index >= 15 is 0 Å². The highest BCUT2D eigenvalue weighted by molar-refractivity contribution is 6.10. The fourth-order valence-corrected chi connectivity index (χ4v) is 4.97. The molecular formula is C20H25N3O5. The van der Waals surface area contributed by atoms with Gasteiger partial charge in [-0.3, -0.25) is 14.5 Å². The van der Waals surface area contributed by atoms with Gasteiger partial charge in [0.1, 0.15) is 12.1 Å². The number of hydrogen-bond acceptors (Lipinski definition) is 5. The number of amides is 4. The van der Waals surface area contributed by atoms with Crippen molar-refractivity contribution in [2.24, 2.45) is 11.3 Å². The van der Waals surface area contributed by atoms with Gasteiger partial charge < -0.3 is 20.1 Å². The van der Waals surface area contributed by atoms with Crippen LogP contribution in [0, 0.1) is 11.3 Å². The van der Waals surface area contributed by atoms with Crippen LogP contribution in [0.1, 0.15) is 40.0 Å². The zero-order chi connectivity index (χ0) is 20.1. The molecule has 0 bridgehead atoms. The van der Waals surface area contributed by atoms with Gasteiger partial charge in [0, 0.05) is 11.8 Å². The first-order valence-corrected chi connectivity index (χ1v) is 9.51. The van der Waals surface area contributed by atoms with Crippen LogP contribution in [0.2, 0.25) is 0 Å². The minimum absolute atomic E-state index is 0.0502. The number of rotatable bonds is 3. The van der Waals surface area contributed by atoms with Crippen molar-refractivity contribution in [1.29, 1.82) is 0 Å². The van der Waals surface area contributed by atoms with Crippen molar-refractivity contribution in [2.45, 2.75) is 45.6 Å². The molecule has 28 heavy (non-hydrogen) atoms. The van der Waals surface area contributed by atoms with Crippen molar-refractivity contribution in [3.05, 3.63) is 18.2 Å². The third-order valence-electron chi connectivity index (χ3n) is 5.58. The van der Waals surface area contributed by atoms with E-state index < -0.39 is 17.5 Å². The average molecular weight is 387 g/mol. The number of hydrogen-bond donors (Lipinski definition) is 2. The summed E-state index contributed by atoms with van der Waals surface area (Å²) >= 11 is 0. The van der Waals surface area contributed by atoms with Gasteiger partial charge in [-0.25, -0.2) is 4.79 Å². The third-order valence-corrected chi connectivity index (χ3v) is 5.58. The maximum Gasteiger partial charge on any atom is 0.325 e. The molecule has 0 radical (unpaired) electrons. The smallest absolute Gasteiger partial charge is 0.325 e. The van der Waals surface area contributed by atoms with E-state index in [-0.39, 0.29) is 24.7 Å². The average Bonchev–Trinajstić information content (AvgIpc) is 3.11. The number of anilines is 1. The molecule has 1 saturated heterocycles. The van der Waals surface area contributed by atoms with Gasteiger partial charge in [0.15, 0.2) is 11.5 Å². The lowest BCUT2D eigenvalue weighted by molar-refractivity contribution is -0.136. The summed E-state index contributed by atoms with van der Waals surface area (Å²) in [6.07, 6.45) is 2.18. The lowest BCUT2D eigenvalue weighted by Crippen LogP contribution is -2.54. The van der Waals surface area contributed by atoms with Gasteiger partial charge in [-0.15, -0.1) is 0 Å². The minimum atomic E-state index is -0.905. The molecule has 2 N–H and O–H groups in total. The molecule has 1 saturated carbocycles. The van der Waals surface area contributed by atoms with E-state index in [0.717, 1.165) is 11.3 Å². The Morgan fingerprint density at radius 2 is 2.00 bits per heavy atom. The van der Waals surface area contributed by atoms with E-state index in [4.69, 9.17) is 9.47 Å². The van der Waals surface area contributed by atoms with Crippen molar-refractivity contribution in [2.75, 3.05) is 18.7 Å². The number of ether oxygens (including phenoxy) is 2. The van der Waals surface area contributed by atoms with Crippen molar-refractivity contribution in [3.8, 4) is 11.5 Å². The summed E-state index contributed by atoms with van der Waals surface area (Å²) in [6.45, 7) is 6.14. The van der Waals surface area contributed by atoms with Crippen LogP contribution in [0.3, 0.4) is 0 Å². The Morgan fingerprint density at radius 1 is 1.25 bits per heavy atom. The molecule has 2 fully saturated rings. The monoisotopic (exact) mass is 387 g/mol. The third kappa shape index (κ3) is 3.27. The zero-order valence-electron chi connectivity index (χ0n) is 16.3. The quantitative estimate of drug-likeness (QED) is 0.777. The van der Waals surface area contributed by atoms with E-state index in [0.29, 0.717) is 35.9 Å². The van der Waals surface area contributed by atoms with Crippen LogP contribution in [0.25, 0.3) is 0 Å². The summed E-state index contributed by atoms with van der Waals surface area (Å²) in [4.78, 5) is 39.1. The molecule has 4 amide bonds. The van der Waals surface area contributed by atoms with Crippen LogP contribution < -0.4 is 20.1 Å². The number of urea groups is 1. The standard InChI is InChI=1S/C20H25N3O5/c1-12-7-19(2,3)10-20(8-12)17(25)23(18(26)22-20)9-16(24)21-13-4-5-14-15(6-13)28-11-27-14/h4-6,12H,7-11H2,1-3H3,(H,21,24)(H,22,26)/t12-,20-/m1/s1. The van der Waals surface area contributed by atoms with Crippen LogP contribution in [0.5, 0.6) is 11.5 Å². The summed E-state index contributed by atoms with van der Waals surface area (Å²) in [7, 11) is 0. The molecule has 1 aliphatic carbocycles. The number of carbonyl (C=O) groups excluding carboxylic acids is 3. The molecule has 1 aromatic rings. The second-order valence-corrected chi connectivity index (χ2v) is 8.87. The summed E-state index contributed by atoms with van der Waals surface area (Å²) in [6, 6.07) is 4.53. The van der Waals surface area contributed by atoms with E-state index in [1.165, 1.54) is 0 Å². The number of nitrogens with zero attached hydrogens (tertiary/aromatic N) is 1. The van der Waals surface area contributed by atoms with Crippen LogP contribution in [-0.4, -0.2) is 41.6 Å². The highest BCUT2D eigenvalue weighted by Gasteiger charge is 2.56. The van der Waals surface area contributed by atoms with Gasteiger partial charge in [0.2, 0.25) is 12.7 Å². The summed E-state index contributed by atoms with van der Waals surface area (Å²) in [5.41, 5.74) is -0.439. The largest absolute Gasteiger partial charge is 0.454 e. The molecule has 1 aromatic carbocycles. The molecule has 2 atom stereocenters. The number of benzene rings is 1. The molecular weight excluding hydrogens is 362 g/mol. The Labute approximate surface area is 163 Å². The summed E-state index contributed by atoms with van der Waals surface area (Å²) in [5, 5.41) is 5.59. The molecule has 8 nitrogen and oxygen atoms in total. The van der Waals surface area contributed by atoms with E-state index in [1.54, 1.807) is 18.2 Å². The van der Waals surface area contributed by atoms with Crippen molar-refractivity contribution < 1.29 is 23.9 Å². The molecule has 0 unspecified atom stereocenters. The Balaban J connectivity index is 1.45. The Bertz CT molecular complexity index is 852.